The van der Waals surface area contributed by atoms with Crippen LogP contribution >= 0.6 is 0 Å². The van der Waals surface area contributed by atoms with Crippen molar-refractivity contribution in [2.45, 2.75) is 19.9 Å². The zero-order valence-corrected chi connectivity index (χ0v) is 11.9. The van der Waals surface area contributed by atoms with E-state index in [1.807, 2.05) is 53.4 Å². The third kappa shape index (κ3) is 2.01. The average molecular weight is 265 g/mol. The van der Waals surface area contributed by atoms with E-state index in [0.717, 1.165) is 5.69 Å². The molecular weight excluding hydrogens is 246 g/mol. The quantitative estimate of drug-likeness (QED) is 0.767. The number of β-lactam (4-membered cyclic amide) rings is 1. The maximum atomic E-state index is 12.5. The third-order valence-corrected chi connectivity index (χ3v) is 4.03. The molecule has 0 saturated carbocycles. The summed E-state index contributed by atoms with van der Waals surface area (Å²) in [4.78, 5) is 14.4. The van der Waals surface area contributed by atoms with Crippen LogP contribution in [0.1, 0.15) is 25.5 Å². The van der Waals surface area contributed by atoms with E-state index in [1.54, 1.807) is 0 Å². The Bertz CT molecular complexity index is 591. The van der Waals surface area contributed by atoms with Crippen LogP contribution in [0, 0.1) is 11.8 Å². The summed E-state index contributed by atoms with van der Waals surface area (Å²) in [5, 5.41) is 0. The van der Waals surface area contributed by atoms with Crippen LogP contribution in [0.2, 0.25) is 0 Å². The van der Waals surface area contributed by atoms with Crippen molar-refractivity contribution in [2.24, 2.45) is 11.8 Å². The van der Waals surface area contributed by atoms with Crippen molar-refractivity contribution in [1.82, 2.24) is 0 Å². The fourth-order valence-electron chi connectivity index (χ4n) is 3.04. The number of benzene rings is 2. The number of hydrogen-bond acceptors (Lipinski definition) is 1. The molecule has 0 radical (unpaired) electrons. The molecule has 102 valence electrons. The monoisotopic (exact) mass is 265 g/mol. The van der Waals surface area contributed by atoms with Gasteiger partial charge in [0.25, 0.3) is 0 Å². The lowest BCUT2D eigenvalue weighted by Crippen LogP contribution is -2.57. The molecule has 0 N–H and O–H groups in total. The maximum Gasteiger partial charge on any atom is 0.233 e. The molecule has 0 aliphatic carbocycles. The predicted octanol–water partition coefficient (Wildman–Crippen LogP) is 4.05. The summed E-state index contributed by atoms with van der Waals surface area (Å²) in [7, 11) is 0. The molecule has 1 fully saturated rings. The van der Waals surface area contributed by atoms with Crippen LogP contribution in [0.15, 0.2) is 60.7 Å². The van der Waals surface area contributed by atoms with Gasteiger partial charge in [-0.1, -0.05) is 62.4 Å². The Hall–Kier alpha value is -2.09. The van der Waals surface area contributed by atoms with Gasteiger partial charge in [0.1, 0.15) is 0 Å². The second-order valence-electron chi connectivity index (χ2n) is 5.67. The first-order valence-corrected chi connectivity index (χ1v) is 7.13. The highest BCUT2D eigenvalue weighted by Crippen LogP contribution is 2.46. The molecule has 0 aromatic heterocycles. The number of carbonyl (C=O) groups is 1. The molecule has 2 nitrogen and oxygen atoms in total. The highest BCUT2D eigenvalue weighted by molar-refractivity contribution is 6.03. The molecule has 1 amide bonds. The van der Waals surface area contributed by atoms with Gasteiger partial charge in [-0.2, -0.15) is 0 Å². The number of anilines is 1. The zero-order valence-electron chi connectivity index (χ0n) is 11.9. The van der Waals surface area contributed by atoms with Gasteiger partial charge in [-0.25, -0.2) is 0 Å². The van der Waals surface area contributed by atoms with Crippen molar-refractivity contribution in [3.05, 3.63) is 66.2 Å². The normalized spacial score (nSPS) is 21.9. The Kier molecular flexibility index (Phi) is 3.31. The van der Waals surface area contributed by atoms with Crippen LogP contribution in [0.25, 0.3) is 0 Å². The summed E-state index contributed by atoms with van der Waals surface area (Å²) in [6.45, 7) is 4.25. The van der Waals surface area contributed by atoms with Crippen LogP contribution in [0.3, 0.4) is 0 Å². The molecule has 2 aromatic rings. The first kappa shape index (κ1) is 12.9. The van der Waals surface area contributed by atoms with Gasteiger partial charge in [-0.3, -0.25) is 4.79 Å². The molecule has 1 heterocycles. The fourth-order valence-corrected chi connectivity index (χ4v) is 3.04. The SMILES string of the molecule is CC(C)[C@H]1C(=O)N(c2ccccc2)[C@@H]1c1ccccc1. The van der Waals surface area contributed by atoms with E-state index in [2.05, 4.69) is 26.0 Å². The summed E-state index contributed by atoms with van der Waals surface area (Å²) < 4.78 is 0. The number of para-hydroxylation sites is 1. The fraction of sp³-hybridized carbons (Fsp3) is 0.278. The highest BCUT2D eigenvalue weighted by Gasteiger charge is 2.49. The predicted molar refractivity (Wildman–Crippen MR) is 81.4 cm³/mol. The molecule has 1 aliphatic heterocycles. The molecule has 0 bridgehead atoms. The largest absolute Gasteiger partial charge is 0.304 e. The smallest absolute Gasteiger partial charge is 0.233 e. The van der Waals surface area contributed by atoms with E-state index in [-0.39, 0.29) is 17.9 Å². The molecule has 20 heavy (non-hydrogen) atoms. The molecule has 2 aromatic carbocycles. The van der Waals surface area contributed by atoms with Crippen molar-refractivity contribution in [1.29, 1.82) is 0 Å². The first-order chi connectivity index (χ1) is 9.70. The number of nitrogens with zero attached hydrogens (tertiary/aromatic N) is 1. The molecule has 0 unspecified atom stereocenters. The summed E-state index contributed by atoms with van der Waals surface area (Å²) >= 11 is 0. The van der Waals surface area contributed by atoms with E-state index in [1.165, 1.54) is 5.56 Å². The second kappa shape index (κ2) is 5.12. The van der Waals surface area contributed by atoms with Crippen LogP contribution in [0.5, 0.6) is 0 Å². The van der Waals surface area contributed by atoms with Crippen LogP contribution in [-0.2, 0) is 4.79 Å². The van der Waals surface area contributed by atoms with E-state index in [0.29, 0.717) is 5.92 Å². The second-order valence-corrected chi connectivity index (χ2v) is 5.67. The van der Waals surface area contributed by atoms with Gasteiger partial charge in [0.15, 0.2) is 0 Å². The zero-order chi connectivity index (χ0) is 14.1. The standard InChI is InChI=1S/C18H19NO/c1-13(2)16-17(14-9-5-3-6-10-14)19(18(16)20)15-11-7-4-8-12-15/h3-13,16-17H,1-2H3/t16-,17-/m1/s1. The van der Waals surface area contributed by atoms with Crippen LogP contribution in [0.4, 0.5) is 5.69 Å². The van der Waals surface area contributed by atoms with Gasteiger partial charge >= 0.3 is 0 Å². The van der Waals surface area contributed by atoms with Gasteiger partial charge in [-0.15, -0.1) is 0 Å². The lowest BCUT2D eigenvalue weighted by Gasteiger charge is -2.49. The van der Waals surface area contributed by atoms with Crippen LogP contribution in [-0.4, -0.2) is 5.91 Å². The molecule has 1 saturated heterocycles. The van der Waals surface area contributed by atoms with Gasteiger partial charge in [0.05, 0.1) is 12.0 Å². The first-order valence-electron chi connectivity index (χ1n) is 7.13. The highest BCUT2D eigenvalue weighted by atomic mass is 16.2. The molecule has 3 rings (SSSR count). The summed E-state index contributed by atoms with van der Waals surface area (Å²) in [5.74, 6) is 0.672. The van der Waals surface area contributed by atoms with E-state index < -0.39 is 0 Å². The van der Waals surface area contributed by atoms with E-state index in [4.69, 9.17) is 0 Å². The van der Waals surface area contributed by atoms with Crippen LogP contribution < -0.4 is 4.90 Å². The number of hydrogen-bond donors (Lipinski definition) is 0. The van der Waals surface area contributed by atoms with Crippen molar-refractivity contribution in [3.63, 3.8) is 0 Å². The minimum Gasteiger partial charge on any atom is -0.304 e. The van der Waals surface area contributed by atoms with Crippen molar-refractivity contribution in [3.8, 4) is 0 Å². The van der Waals surface area contributed by atoms with Gasteiger partial charge in [0.2, 0.25) is 5.91 Å². The molecular formula is C18H19NO. The van der Waals surface area contributed by atoms with Crippen molar-refractivity contribution < 1.29 is 4.79 Å². The minimum atomic E-state index is 0.0811. The number of carbonyl (C=O) groups excluding carboxylic acids is 1. The Morgan fingerprint density at radius 2 is 1.45 bits per heavy atom. The Labute approximate surface area is 120 Å². The topological polar surface area (TPSA) is 20.3 Å². The molecule has 2 atom stereocenters. The lowest BCUT2D eigenvalue weighted by molar-refractivity contribution is -0.132. The third-order valence-electron chi connectivity index (χ3n) is 4.03. The Balaban J connectivity index is 2.00. The lowest BCUT2D eigenvalue weighted by atomic mass is 9.75. The van der Waals surface area contributed by atoms with Crippen molar-refractivity contribution >= 4 is 11.6 Å². The average Bonchev–Trinajstić information content (AvgIpc) is 2.46. The molecule has 1 aliphatic rings. The van der Waals surface area contributed by atoms with Gasteiger partial charge < -0.3 is 4.90 Å². The number of rotatable bonds is 3. The van der Waals surface area contributed by atoms with Crippen molar-refractivity contribution in [2.75, 3.05) is 4.90 Å². The Morgan fingerprint density at radius 1 is 0.900 bits per heavy atom. The molecule has 0 spiro atoms. The van der Waals surface area contributed by atoms with E-state index >= 15 is 0 Å². The summed E-state index contributed by atoms with van der Waals surface area (Å²) in [6.07, 6.45) is 0. The number of amides is 1. The van der Waals surface area contributed by atoms with Gasteiger partial charge in [0, 0.05) is 5.69 Å². The Morgan fingerprint density at radius 3 is 2.00 bits per heavy atom. The maximum absolute atomic E-state index is 12.5. The van der Waals surface area contributed by atoms with Gasteiger partial charge in [-0.05, 0) is 23.6 Å². The molecule has 2 heteroatoms. The summed E-state index contributed by atoms with van der Waals surface area (Å²) in [6, 6.07) is 20.4. The van der Waals surface area contributed by atoms with E-state index in [9.17, 15) is 4.79 Å². The minimum absolute atomic E-state index is 0.0811. The summed E-state index contributed by atoms with van der Waals surface area (Å²) in [5.41, 5.74) is 2.21.